The summed E-state index contributed by atoms with van der Waals surface area (Å²) in [5.41, 5.74) is 0.626. The molecule has 0 spiro atoms. The van der Waals surface area contributed by atoms with E-state index >= 15 is 0 Å². The third-order valence-corrected chi connectivity index (χ3v) is 3.24. The molecular formula is C16H22O4. The lowest BCUT2D eigenvalue weighted by Gasteiger charge is -2.16. The average molecular weight is 278 g/mol. The lowest BCUT2D eigenvalue weighted by molar-refractivity contribution is 0.0423. The van der Waals surface area contributed by atoms with E-state index in [4.69, 9.17) is 14.2 Å². The Morgan fingerprint density at radius 3 is 2.70 bits per heavy atom. The highest BCUT2D eigenvalue weighted by molar-refractivity contribution is 6.00. The van der Waals surface area contributed by atoms with Crippen molar-refractivity contribution in [2.24, 2.45) is 0 Å². The van der Waals surface area contributed by atoms with E-state index < -0.39 is 0 Å². The van der Waals surface area contributed by atoms with Crippen LogP contribution in [0.1, 0.15) is 43.5 Å². The molecule has 4 nitrogen and oxygen atoms in total. The first kappa shape index (κ1) is 14.9. The minimum Gasteiger partial charge on any atom is -0.490 e. The van der Waals surface area contributed by atoms with Crippen LogP contribution < -0.4 is 9.47 Å². The van der Waals surface area contributed by atoms with Gasteiger partial charge in [-0.15, -0.1) is 0 Å². The van der Waals surface area contributed by atoms with Crippen molar-refractivity contribution in [2.45, 2.75) is 39.2 Å². The highest BCUT2D eigenvalue weighted by atomic mass is 16.5. The van der Waals surface area contributed by atoms with Gasteiger partial charge in [0.05, 0.1) is 13.2 Å². The van der Waals surface area contributed by atoms with Crippen LogP contribution in [0.25, 0.3) is 0 Å². The third-order valence-electron chi connectivity index (χ3n) is 3.24. The molecule has 1 aliphatic heterocycles. The summed E-state index contributed by atoms with van der Waals surface area (Å²) in [5, 5.41) is 0. The van der Waals surface area contributed by atoms with Gasteiger partial charge in [-0.05, 0) is 31.5 Å². The molecule has 0 N–H and O–H groups in total. The molecule has 1 aliphatic rings. The molecule has 1 unspecified atom stereocenters. The first-order valence-electron chi connectivity index (χ1n) is 7.31. The second-order valence-corrected chi connectivity index (χ2v) is 4.81. The number of carbonyl (C=O) groups excluding carboxylic acids is 1. The predicted molar refractivity (Wildman–Crippen MR) is 76.7 cm³/mol. The molecule has 1 atom stereocenters. The lowest BCUT2D eigenvalue weighted by atomic mass is 10.0. The van der Waals surface area contributed by atoms with Gasteiger partial charge in [-0.25, -0.2) is 0 Å². The van der Waals surface area contributed by atoms with E-state index in [1.165, 1.54) is 0 Å². The summed E-state index contributed by atoms with van der Waals surface area (Å²) in [6.45, 7) is 5.77. The normalized spacial score (nSPS) is 15.5. The van der Waals surface area contributed by atoms with E-state index in [2.05, 4.69) is 0 Å². The van der Waals surface area contributed by atoms with E-state index in [-0.39, 0.29) is 11.9 Å². The SMILES string of the molecule is CCCC(OCC)C(=O)c1ccc2c(c1)OCCCO2. The summed E-state index contributed by atoms with van der Waals surface area (Å²) in [7, 11) is 0. The molecule has 0 aromatic heterocycles. The van der Waals surface area contributed by atoms with Crippen molar-refractivity contribution in [3.8, 4) is 11.5 Å². The quantitative estimate of drug-likeness (QED) is 0.749. The molecular weight excluding hydrogens is 256 g/mol. The van der Waals surface area contributed by atoms with Gasteiger partial charge in [0, 0.05) is 18.6 Å². The summed E-state index contributed by atoms with van der Waals surface area (Å²) in [5.74, 6) is 1.38. The van der Waals surface area contributed by atoms with Crippen LogP contribution in [0.5, 0.6) is 11.5 Å². The number of Topliss-reactive ketones (excluding diaryl/α,β-unsaturated/α-hetero) is 1. The summed E-state index contributed by atoms with van der Waals surface area (Å²) in [4.78, 5) is 12.5. The van der Waals surface area contributed by atoms with Crippen LogP contribution >= 0.6 is 0 Å². The Bertz CT molecular complexity index is 450. The molecule has 1 heterocycles. The number of rotatable bonds is 6. The van der Waals surface area contributed by atoms with Crippen LogP contribution in [0.15, 0.2) is 18.2 Å². The van der Waals surface area contributed by atoms with Gasteiger partial charge in [-0.1, -0.05) is 13.3 Å². The Labute approximate surface area is 120 Å². The molecule has 1 aromatic rings. The first-order chi connectivity index (χ1) is 9.76. The smallest absolute Gasteiger partial charge is 0.191 e. The average Bonchev–Trinajstić information content (AvgIpc) is 2.70. The Kier molecular flexibility index (Phi) is 5.41. The maximum absolute atomic E-state index is 12.5. The fourth-order valence-corrected chi connectivity index (χ4v) is 2.26. The molecule has 110 valence electrons. The highest BCUT2D eigenvalue weighted by Gasteiger charge is 2.21. The Balaban J connectivity index is 2.19. The van der Waals surface area contributed by atoms with Crippen molar-refractivity contribution in [1.82, 2.24) is 0 Å². The highest BCUT2D eigenvalue weighted by Crippen LogP contribution is 2.31. The van der Waals surface area contributed by atoms with Crippen LogP contribution in [-0.2, 0) is 4.74 Å². The van der Waals surface area contributed by atoms with Crippen LogP contribution in [0, 0.1) is 0 Å². The first-order valence-corrected chi connectivity index (χ1v) is 7.31. The zero-order chi connectivity index (χ0) is 14.4. The minimum absolute atomic E-state index is 0.0179. The lowest BCUT2D eigenvalue weighted by Crippen LogP contribution is -2.24. The van der Waals surface area contributed by atoms with E-state index in [0.717, 1.165) is 19.3 Å². The van der Waals surface area contributed by atoms with Gasteiger partial charge in [-0.3, -0.25) is 4.79 Å². The molecule has 20 heavy (non-hydrogen) atoms. The number of fused-ring (bicyclic) bond motifs is 1. The van der Waals surface area contributed by atoms with Crippen LogP contribution in [0.3, 0.4) is 0 Å². The zero-order valence-electron chi connectivity index (χ0n) is 12.2. The molecule has 4 heteroatoms. The second kappa shape index (κ2) is 7.29. The van der Waals surface area contributed by atoms with Gasteiger partial charge >= 0.3 is 0 Å². The monoisotopic (exact) mass is 278 g/mol. The van der Waals surface area contributed by atoms with Gasteiger partial charge in [0.2, 0.25) is 0 Å². The number of carbonyl (C=O) groups is 1. The van der Waals surface area contributed by atoms with Crippen LogP contribution in [0.2, 0.25) is 0 Å². The maximum Gasteiger partial charge on any atom is 0.191 e. The Hall–Kier alpha value is -1.55. The van der Waals surface area contributed by atoms with Crippen molar-refractivity contribution in [3.63, 3.8) is 0 Å². The third kappa shape index (κ3) is 3.51. The maximum atomic E-state index is 12.5. The molecule has 2 rings (SSSR count). The Morgan fingerprint density at radius 1 is 1.25 bits per heavy atom. The summed E-state index contributed by atoms with van der Waals surface area (Å²) < 4.78 is 16.7. The van der Waals surface area contributed by atoms with Crippen molar-refractivity contribution >= 4 is 5.78 Å². The number of benzene rings is 1. The fourth-order valence-electron chi connectivity index (χ4n) is 2.26. The number of hydrogen-bond acceptors (Lipinski definition) is 4. The van der Waals surface area contributed by atoms with Gasteiger partial charge in [-0.2, -0.15) is 0 Å². The summed E-state index contributed by atoms with van der Waals surface area (Å²) >= 11 is 0. The molecule has 0 fully saturated rings. The van der Waals surface area contributed by atoms with Crippen LogP contribution in [0.4, 0.5) is 0 Å². The fraction of sp³-hybridized carbons (Fsp3) is 0.562. The largest absolute Gasteiger partial charge is 0.490 e. The van der Waals surface area contributed by atoms with E-state index in [1.807, 2.05) is 19.9 Å². The van der Waals surface area contributed by atoms with Gasteiger partial charge in [0.25, 0.3) is 0 Å². The standard InChI is InChI=1S/C16H22O4/c1-3-6-14(18-4-2)16(17)12-7-8-13-15(11-12)20-10-5-9-19-13/h7-8,11,14H,3-6,9-10H2,1-2H3. The number of ketones is 1. The zero-order valence-corrected chi connectivity index (χ0v) is 12.2. The predicted octanol–water partition coefficient (Wildman–Crippen LogP) is 3.24. The van der Waals surface area contributed by atoms with E-state index in [1.54, 1.807) is 12.1 Å². The van der Waals surface area contributed by atoms with E-state index in [0.29, 0.717) is 36.9 Å². The summed E-state index contributed by atoms with van der Waals surface area (Å²) in [6, 6.07) is 5.37. The van der Waals surface area contributed by atoms with Crippen molar-refractivity contribution in [1.29, 1.82) is 0 Å². The Morgan fingerprint density at radius 2 is 2.00 bits per heavy atom. The molecule has 1 aromatic carbocycles. The topological polar surface area (TPSA) is 44.8 Å². The van der Waals surface area contributed by atoms with Crippen LogP contribution in [-0.4, -0.2) is 31.7 Å². The molecule has 0 aliphatic carbocycles. The number of ether oxygens (including phenoxy) is 3. The van der Waals surface area contributed by atoms with E-state index in [9.17, 15) is 4.79 Å². The molecule has 0 saturated heterocycles. The minimum atomic E-state index is -0.366. The molecule has 0 saturated carbocycles. The van der Waals surface area contributed by atoms with Crippen molar-refractivity contribution in [2.75, 3.05) is 19.8 Å². The molecule has 0 bridgehead atoms. The second-order valence-electron chi connectivity index (χ2n) is 4.81. The number of hydrogen-bond donors (Lipinski definition) is 0. The van der Waals surface area contributed by atoms with Gasteiger partial charge in [0.15, 0.2) is 17.3 Å². The van der Waals surface area contributed by atoms with Gasteiger partial charge in [0.1, 0.15) is 6.10 Å². The van der Waals surface area contributed by atoms with Crippen molar-refractivity contribution in [3.05, 3.63) is 23.8 Å². The summed E-state index contributed by atoms with van der Waals surface area (Å²) in [6.07, 6.45) is 2.15. The molecule has 0 amide bonds. The van der Waals surface area contributed by atoms with Gasteiger partial charge < -0.3 is 14.2 Å². The molecule has 0 radical (unpaired) electrons. The van der Waals surface area contributed by atoms with Crippen molar-refractivity contribution < 1.29 is 19.0 Å².